The van der Waals surface area contributed by atoms with Gasteiger partial charge in [-0.3, -0.25) is 0 Å². The van der Waals surface area contributed by atoms with Crippen molar-refractivity contribution in [2.75, 3.05) is 26.2 Å². The molecule has 2 heterocycles. The Hall–Kier alpha value is -1.74. The molecule has 0 N–H and O–H groups in total. The molecule has 1 amide bonds. The van der Waals surface area contributed by atoms with Crippen molar-refractivity contribution in [3.8, 4) is 0 Å². The van der Waals surface area contributed by atoms with E-state index in [1.807, 2.05) is 6.92 Å². The van der Waals surface area contributed by atoms with Crippen LogP contribution < -0.4 is 0 Å². The van der Waals surface area contributed by atoms with Gasteiger partial charge in [0.25, 0.3) is 15.2 Å². The Balaban J connectivity index is 2.21. The van der Waals surface area contributed by atoms with Gasteiger partial charge in [0.15, 0.2) is 0 Å². The number of hydrogen-bond donors (Lipinski definition) is 0. The van der Waals surface area contributed by atoms with Crippen molar-refractivity contribution < 1.29 is 13.2 Å². The van der Waals surface area contributed by atoms with E-state index in [1.54, 1.807) is 6.08 Å². The number of likely N-dealkylation sites (N-methyl/N-ethyl adjacent to an activating group) is 1. The molecular formula is C12H19N5O3S. The molecule has 0 unspecified atom stereocenters. The summed E-state index contributed by atoms with van der Waals surface area (Å²) < 4.78 is 26.9. The highest BCUT2D eigenvalue weighted by atomic mass is 32.2. The monoisotopic (exact) mass is 313 g/mol. The highest BCUT2D eigenvalue weighted by Crippen LogP contribution is 2.17. The Morgan fingerprint density at radius 2 is 2.14 bits per heavy atom. The van der Waals surface area contributed by atoms with Gasteiger partial charge in [0, 0.05) is 26.2 Å². The molecular weight excluding hydrogens is 294 g/mol. The number of sulfonamides is 1. The summed E-state index contributed by atoms with van der Waals surface area (Å²) >= 11 is 0. The minimum atomic E-state index is -3.70. The first kappa shape index (κ1) is 15.6. The van der Waals surface area contributed by atoms with Gasteiger partial charge in [-0.05, 0) is 19.8 Å². The molecule has 0 radical (unpaired) electrons. The first-order chi connectivity index (χ1) is 10.0. The lowest BCUT2D eigenvalue weighted by Gasteiger charge is -2.17. The van der Waals surface area contributed by atoms with Gasteiger partial charge in [-0.2, -0.15) is 8.99 Å². The lowest BCUT2D eigenvalue weighted by Crippen LogP contribution is -2.35. The molecule has 1 fully saturated rings. The molecule has 0 bridgehead atoms. The standard InChI is InChI=1S/C12H19N5O3S/c1-3-7-15(4-2)12(18)17-10-13-11(14-17)21(19,20)16-8-5-6-9-16/h3,10H,1,4-9H2,2H3. The van der Waals surface area contributed by atoms with Crippen LogP contribution in [-0.2, 0) is 10.0 Å². The minimum absolute atomic E-state index is 0.326. The average Bonchev–Trinajstić information content (AvgIpc) is 3.14. The van der Waals surface area contributed by atoms with Crippen molar-refractivity contribution in [1.29, 1.82) is 0 Å². The second-order valence-corrected chi connectivity index (χ2v) is 6.52. The van der Waals surface area contributed by atoms with E-state index < -0.39 is 16.1 Å². The lowest BCUT2D eigenvalue weighted by atomic mass is 10.4. The predicted molar refractivity (Wildman–Crippen MR) is 76.3 cm³/mol. The van der Waals surface area contributed by atoms with E-state index in [0.717, 1.165) is 23.9 Å². The number of carbonyl (C=O) groups is 1. The van der Waals surface area contributed by atoms with Crippen LogP contribution in [-0.4, -0.2) is 64.6 Å². The van der Waals surface area contributed by atoms with Crippen LogP contribution in [0.3, 0.4) is 0 Å². The SMILES string of the molecule is C=CCN(CC)C(=O)n1cnc(S(=O)(=O)N2CCCC2)n1. The highest BCUT2D eigenvalue weighted by molar-refractivity contribution is 7.88. The van der Waals surface area contributed by atoms with Gasteiger partial charge in [0.05, 0.1) is 0 Å². The zero-order chi connectivity index (χ0) is 15.5. The maximum absolute atomic E-state index is 12.3. The molecule has 0 aromatic carbocycles. The third-order valence-electron chi connectivity index (χ3n) is 3.30. The van der Waals surface area contributed by atoms with E-state index in [9.17, 15) is 13.2 Å². The summed E-state index contributed by atoms with van der Waals surface area (Å²) in [4.78, 5) is 17.4. The number of rotatable bonds is 5. The van der Waals surface area contributed by atoms with Crippen molar-refractivity contribution >= 4 is 16.1 Å². The Bertz CT molecular complexity index is 619. The number of aromatic nitrogens is 3. The summed E-state index contributed by atoms with van der Waals surface area (Å²) in [7, 11) is -3.70. The molecule has 116 valence electrons. The molecule has 8 nitrogen and oxygen atoms in total. The summed E-state index contributed by atoms with van der Waals surface area (Å²) in [6.07, 6.45) is 4.40. The van der Waals surface area contributed by atoms with Gasteiger partial charge >= 0.3 is 6.03 Å². The number of hydrogen-bond acceptors (Lipinski definition) is 5. The molecule has 0 aliphatic carbocycles. The smallest absolute Gasteiger partial charge is 0.319 e. The quantitative estimate of drug-likeness (QED) is 0.740. The maximum Gasteiger partial charge on any atom is 0.346 e. The van der Waals surface area contributed by atoms with Crippen LogP contribution in [0.4, 0.5) is 4.79 Å². The van der Waals surface area contributed by atoms with Crippen molar-refractivity contribution in [2.24, 2.45) is 0 Å². The van der Waals surface area contributed by atoms with Crippen molar-refractivity contribution in [2.45, 2.75) is 24.9 Å². The zero-order valence-electron chi connectivity index (χ0n) is 12.0. The van der Waals surface area contributed by atoms with Crippen LogP contribution in [0.2, 0.25) is 0 Å². The van der Waals surface area contributed by atoms with Gasteiger partial charge in [-0.1, -0.05) is 6.08 Å². The van der Waals surface area contributed by atoms with Crippen molar-refractivity contribution in [1.82, 2.24) is 24.0 Å². The van der Waals surface area contributed by atoms with Crippen LogP contribution in [0.5, 0.6) is 0 Å². The molecule has 1 aliphatic heterocycles. The summed E-state index contributed by atoms with van der Waals surface area (Å²) in [5.74, 6) is 0. The molecule has 21 heavy (non-hydrogen) atoms. The first-order valence-corrected chi connectivity index (χ1v) is 8.26. The van der Waals surface area contributed by atoms with Gasteiger partial charge in [-0.15, -0.1) is 11.7 Å². The van der Waals surface area contributed by atoms with Crippen molar-refractivity contribution in [3.63, 3.8) is 0 Å². The van der Waals surface area contributed by atoms with E-state index in [2.05, 4.69) is 16.7 Å². The van der Waals surface area contributed by atoms with Gasteiger partial charge < -0.3 is 4.90 Å². The molecule has 0 saturated carbocycles. The topological polar surface area (TPSA) is 88.4 Å². The van der Waals surface area contributed by atoms with Crippen LogP contribution in [0.25, 0.3) is 0 Å². The molecule has 1 aromatic heterocycles. The summed E-state index contributed by atoms with van der Waals surface area (Å²) in [6, 6.07) is -0.423. The predicted octanol–water partition coefficient (Wildman–Crippen LogP) is 0.539. The largest absolute Gasteiger partial charge is 0.346 e. The molecule has 9 heteroatoms. The third kappa shape index (κ3) is 3.13. The Kier molecular flexibility index (Phi) is 4.73. The highest BCUT2D eigenvalue weighted by Gasteiger charge is 2.31. The molecule has 1 aromatic rings. The average molecular weight is 313 g/mol. The van der Waals surface area contributed by atoms with E-state index in [0.29, 0.717) is 26.2 Å². The molecule has 1 aliphatic rings. The van der Waals surface area contributed by atoms with Crippen LogP contribution in [0.15, 0.2) is 24.1 Å². The molecule has 1 saturated heterocycles. The fraction of sp³-hybridized carbons (Fsp3) is 0.583. The van der Waals surface area contributed by atoms with Gasteiger partial charge in [0.2, 0.25) is 0 Å². The van der Waals surface area contributed by atoms with Crippen LogP contribution in [0, 0.1) is 0 Å². The maximum atomic E-state index is 12.3. The molecule has 2 rings (SSSR count). The lowest BCUT2D eigenvalue weighted by molar-refractivity contribution is 0.204. The third-order valence-corrected chi connectivity index (χ3v) is 5.00. The van der Waals surface area contributed by atoms with E-state index in [-0.39, 0.29) is 5.16 Å². The number of amides is 1. The normalized spacial score (nSPS) is 16.0. The Labute approximate surface area is 124 Å². The fourth-order valence-electron chi connectivity index (χ4n) is 2.15. The molecule has 0 atom stereocenters. The summed E-state index contributed by atoms with van der Waals surface area (Å²) in [5, 5.41) is 3.50. The summed E-state index contributed by atoms with van der Waals surface area (Å²) in [5.41, 5.74) is 0. The minimum Gasteiger partial charge on any atom is -0.319 e. The van der Waals surface area contributed by atoms with Crippen LogP contribution >= 0.6 is 0 Å². The Morgan fingerprint density at radius 1 is 1.48 bits per heavy atom. The first-order valence-electron chi connectivity index (χ1n) is 6.82. The zero-order valence-corrected chi connectivity index (χ0v) is 12.8. The van der Waals surface area contributed by atoms with E-state index in [1.165, 1.54) is 9.21 Å². The number of carbonyl (C=O) groups excluding carboxylic acids is 1. The van der Waals surface area contributed by atoms with Gasteiger partial charge in [-0.25, -0.2) is 18.2 Å². The fourth-order valence-corrected chi connectivity index (χ4v) is 3.49. The second-order valence-electron chi connectivity index (χ2n) is 4.69. The van der Waals surface area contributed by atoms with E-state index >= 15 is 0 Å². The van der Waals surface area contributed by atoms with Crippen molar-refractivity contribution in [3.05, 3.63) is 19.0 Å². The van der Waals surface area contributed by atoms with E-state index in [4.69, 9.17) is 0 Å². The Morgan fingerprint density at radius 3 is 2.71 bits per heavy atom. The van der Waals surface area contributed by atoms with Gasteiger partial charge in [0.1, 0.15) is 6.33 Å². The molecule has 0 spiro atoms. The second kappa shape index (κ2) is 6.35. The van der Waals surface area contributed by atoms with Crippen LogP contribution in [0.1, 0.15) is 19.8 Å². The number of nitrogens with zero attached hydrogens (tertiary/aromatic N) is 5. The summed E-state index contributed by atoms with van der Waals surface area (Å²) in [6.45, 7) is 7.18.